The highest BCUT2D eigenvalue weighted by Gasteiger charge is 2.45. The van der Waals surface area contributed by atoms with Gasteiger partial charge in [0.05, 0.1) is 21.8 Å². The summed E-state index contributed by atoms with van der Waals surface area (Å²) in [6.07, 6.45) is 0.214. The average molecular weight is 572 g/mol. The Balaban J connectivity index is 1.06. The van der Waals surface area contributed by atoms with E-state index in [1.165, 1.54) is 5.56 Å². The Labute approximate surface area is 243 Å². The normalized spacial score (nSPS) is 19.4. The Morgan fingerprint density at radius 3 is 2.29 bits per heavy atom. The van der Waals surface area contributed by atoms with E-state index in [-0.39, 0.29) is 24.0 Å². The van der Waals surface area contributed by atoms with Crippen molar-refractivity contribution in [3.05, 3.63) is 94.0 Å². The molecule has 0 spiro atoms. The summed E-state index contributed by atoms with van der Waals surface area (Å²) in [5.74, 6) is -2.05. The van der Waals surface area contributed by atoms with E-state index in [0.29, 0.717) is 12.2 Å². The zero-order valence-electron chi connectivity index (χ0n) is 22.4. The largest absolute Gasteiger partial charge is 0.380 e. The van der Waals surface area contributed by atoms with E-state index in [4.69, 9.17) is 11.6 Å². The number of carbonyl (C=O) groups excluding carboxylic acids is 4. The van der Waals surface area contributed by atoms with Crippen LogP contribution in [0.3, 0.4) is 0 Å². The number of amides is 4. The van der Waals surface area contributed by atoms with Crippen molar-refractivity contribution in [1.29, 1.82) is 0 Å². The lowest BCUT2D eigenvalue weighted by Gasteiger charge is -2.36. The van der Waals surface area contributed by atoms with Crippen LogP contribution >= 0.6 is 11.6 Å². The number of fused-ring (bicyclic) bond motifs is 1. The third kappa shape index (κ3) is 5.42. The van der Waals surface area contributed by atoms with E-state index in [0.717, 1.165) is 53.9 Å². The standard InChI is InChI=1S/C31H30ClN5O4/c32-23-5-1-2-7-25(23)36-16-14-35(15-17-36)19-21-10-8-20(9-11-21)18-33-24-6-3-4-22-28(24)31(41)37(30(22)40)26-12-13-27(38)34-29(26)39/h1-11,26,33H,12-19H2,(H,34,38,39). The lowest BCUT2D eigenvalue weighted by molar-refractivity contribution is -0.136. The van der Waals surface area contributed by atoms with Gasteiger partial charge in [0.25, 0.3) is 11.8 Å². The molecule has 210 valence electrons. The molecule has 2 fully saturated rings. The minimum absolute atomic E-state index is 0.0870. The molecule has 10 heteroatoms. The Kier molecular flexibility index (Phi) is 7.47. The first-order valence-corrected chi connectivity index (χ1v) is 14.1. The third-order valence-electron chi connectivity index (χ3n) is 7.95. The zero-order valence-corrected chi connectivity index (χ0v) is 23.2. The van der Waals surface area contributed by atoms with Gasteiger partial charge in [0.1, 0.15) is 6.04 Å². The van der Waals surface area contributed by atoms with Gasteiger partial charge in [0.2, 0.25) is 11.8 Å². The first kappa shape index (κ1) is 27.0. The Bertz CT molecular complexity index is 1520. The van der Waals surface area contributed by atoms with Gasteiger partial charge in [-0.3, -0.25) is 34.3 Å². The van der Waals surface area contributed by atoms with Gasteiger partial charge in [-0.2, -0.15) is 0 Å². The average Bonchev–Trinajstić information content (AvgIpc) is 3.23. The van der Waals surface area contributed by atoms with Gasteiger partial charge in [0.15, 0.2) is 0 Å². The molecule has 3 aromatic rings. The van der Waals surface area contributed by atoms with Gasteiger partial charge in [0, 0.05) is 51.4 Å². The van der Waals surface area contributed by atoms with E-state index in [2.05, 4.69) is 50.8 Å². The van der Waals surface area contributed by atoms with Crippen LogP contribution in [0.25, 0.3) is 0 Å². The molecule has 1 unspecified atom stereocenters. The van der Waals surface area contributed by atoms with Crippen LogP contribution in [-0.2, 0) is 22.7 Å². The number of anilines is 2. The second kappa shape index (κ2) is 11.3. The predicted molar refractivity (Wildman–Crippen MR) is 156 cm³/mol. The van der Waals surface area contributed by atoms with Crippen molar-refractivity contribution in [3.63, 3.8) is 0 Å². The van der Waals surface area contributed by atoms with Gasteiger partial charge in [-0.25, -0.2) is 0 Å². The van der Waals surface area contributed by atoms with E-state index in [1.54, 1.807) is 18.2 Å². The molecule has 3 aliphatic heterocycles. The summed E-state index contributed by atoms with van der Waals surface area (Å²) in [5, 5.41) is 6.31. The third-order valence-corrected chi connectivity index (χ3v) is 8.27. The maximum absolute atomic E-state index is 13.3. The van der Waals surface area contributed by atoms with Gasteiger partial charge in [-0.05, 0) is 41.8 Å². The van der Waals surface area contributed by atoms with Gasteiger partial charge >= 0.3 is 0 Å². The van der Waals surface area contributed by atoms with Crippen LogP contribution in [0.15, 0.2) is 66.7 Å². The number of piperazine rings is 1. The van der Waals surface area contributed by atoms with E-state index >= 15 is 0 Å². The minimum atomic E-state index is -0.986. The summed E-state index contributed by atoms with van der Waals surface area (Å²) in [4.78, 5) is 56.0. The second-order valence-electron chi connectivity index (χ2n) is 10.6. The van der Waals surface area contributed by atoms with Crippen molar-refractivity contribution in [2.75, 3.05) is 36.4 Å². The van der Waals surface area contributed by atoms with Crippen molar-refractivity contribution in [1.82, 2.24) is 15.1 Å². The van der Waals surface area contributed by atoms with Crippen LogP contribution in [0.5, 0.6) is 0 Å². The Morgan fingerprint density at radius 2 is 1.56 bits per heavy atom. The summed E-state index contributed by atoms with van der Waals surface area (Å²) in [5.41, 5.74) is 4.40. The fourth-order valence-corrected chi connectivity index (χ4v) is 5.99. The van der Waals surface area contributed by atoms with Crippen LogP contribution in [0, 0.1) is 0 Å². The molecule has 0 aliphatic carbocycles. The van der Waals surface area contributed by atoms with Crippen LogP contribution < -0.4 is 15.5 Å². The first-order valence-electron chi connectivity index (χ1n) is 13.8. The molecule has 3 aliphatic rings. The SMILES string of the molecule is O=C1CCC(N2C(=O)c3cccc(NCc4ccc(CN5CCN(c6ccccc6Cl)CC5)cc4)c3C2=O)C(=O)N1. The van der Waals surface area contributed by atoms with Crippen LogP contribution in [0.1, 0.15) is 44.7 Å². The molecule has 0 aromatic heterocycles. The molecule has 0 saturated carbocycles. The molecular formula is C31H30ClN5O4. The highest BCUT2D eigenvalue weighted by atomic mass is 35.5. The fraction of sp³-hybridized carbons (Fsp3) is 0.290. The number of hydrogen-bond acceptors (Lipinski definition) is 7. The number of imide groups is 2. The summed E-state index contributed by atoms with van der Waals surface area (Å²) in [6.45, 7) is 5.09. The zero-order chi connectivity index (χ0) is 28.5. The molecule has 9 nitrogen and oxygen atoms in total. The van der Waals surface area contributed by atoms with Crippen molar-refractivity contribution >= 4 is 46.6 Å². The lowest BCUT2D eigenvalue weighted by Crippen LogP contribution is -2.54. The summed E-state index contributed by atoms with van der Waals surface area (Å²) in [6, 6.07) is 20.4. The molecular weight excluding hydrogens is 542 g/mol. The molecule has 41 heavy (non-hydrogen) atoms. The number of rotatable bonds is 7. The predicted octanol–water partition coefficient (Wildman–Crippen LogP) is 3.68. The number of benzene rings is 3. The van der Waals surface area contributed by atoms with Crippen molar-refractivity contribution in [3.8, 4) is 0 Å². The molecule has 0 radical (unpaired) electrons. The van der Waals surface area contributed by atoms with Crippen LogP contribution in [0.2, 0.25) is 5.02 Å². The highest BCUT2D eigenvalue weighted by Crippen LogP contribution is 2.33. The molecule has 6 rings (SSSR count). The minimum Gasteiger partial charge on any atom is -0.380 e. The van der Waals surface area contributed by atoms with E-state index in [1.807, 2.05) is 18.2 Å². The number of piperidine rings is 1. The fourth-order valence-electron chi connectivity index (χ4n) is 5.74. The summed E-state index contributed by atoms with van der Waals surface area (Å²) < 4.78 is 0. The van der Waals surface area contributed by atoms with Gasteiger partial charge in [-0.15, -0.1) is 0 Å². The number of nitrogens with zero attached hydrogens (tertiary/aromatic N) is 3. The first-order chi connectivity index (χ1) is 19.9. The molecule has 2 N–H and O–H groups in total. The van der Waals surface area contributed by atoms with Crippen molar-refractivity contribution in [2.45, 2.75) is 32.0 Å². The number of hydrogen-bond donors (Lipinski definition) is 2. The molecule has 1 atom stereocenters. The molecule has 3 heterocycles. The van der Waals surface area contributed by atoms with E-state index < -0.39 is 29.7 Å². The Morgan fingerprint density at radius 1 is 0.829 bits per heavy atom. The van der Waals surface area contributed by atoms with Gasteiger partial charge in [-0.1, -0.05) is 54.1 Å². The number of carbonyl (C=O) groups is 4. The Hall–Kier alpha value is -4.21. The van der Waals surface area contributed by atoms with Crippen LogP contribution in [0.4, 0.5) is 11.4 Å². The van der Waals surface area contributed by atoms with Crippen molar-refractivity contribution < 1.29 is 19.2 Å². The van der Waals surface area contributed by atoms with Gasteiger partial charge < -0.3 is 10.2 Å². The maximum Gasteiger partial charge on any atom is 0.264 e. The number of nitrogens with one attached hydrogen (secondary N) is 2. The maximum atomic E-state index is 13.3. The van der Waals surface area contributed by atoms with Crippen LogP contribution in [-0.4, -0.2) is 65.6 Å². The number of para-hydroxylation sites is 1. The smallest absolute Gasteiger partial charge is 0.264 e. The summed E-state index contributed by atoms with van der Waals surface area (Å²) >= 11 is 6.37. The molecule has 2 saturated heterocycles. The summed E-state index contributed by atoms with van der Waals surface area (Å²) in [7, 11) is 0. The number of halogens is 1. The molecule has 3 aromatic carbocycles. The van der Waals surface area contributed by atoms with E-state index in [9.17, 15) is 19.2 Å². The quantitative estimate of drug-likeness (QED) is 0.417. The monoisotopic (exact) mass is 571 g/mol. The van der Waals surface area contributed by atoms with Crippen molar-refractivity contribution in [2.24, 2.45) is 0 Å². The molecule has 0 bridgehead atoms. The highest BCUT2D eigenvalue weighted by molar-refractivity contribution is 6.33. The lowest BCUT2D eigenvalue weighted by atomic mass is 10.0. The topological polar surface area (TPSA) is 102 Å². The molecule has 4 amide bonds. The second-order valence-corrected chi connectivity index (χ2v) is 11.0.